The summed E-state index contributed by atoms with van der Waals surface area (Å²) in [5.41, 5.74) is 1.26. The molecule has 3 heteroatoms. The average Bonchev–Trinajstić information content (AvgIpc) is 2.54. The number of carbonyl (C=O) groups excluding carboxylic acids is 1. The summed E-state index contributed by atoms with van der Waals surface area (Å²) in [6, 6.07) is 20.4. The number of nitrogens with one attached hydrogen (secondary N) is 1. The SMILES string of the molecule is CC(CNC(=O)CCSc1ccccc1)c1ccccc1. The Bertz CT molecular complexity index is 542. The van der Waals surface area contributed by atoms with E-state index in [4.69, 9.17) is 0 Å². The van der Waals surface area contributed by atoms with Gasteiger partial charge in [0.15, 0.2) is 0 Å². The lowest BCUT2D eigenvalue weighted by Gasteiger charge is -2.13. The summed E-state index contributed by atoms with van der Waals surface area (Å²) in [6.45, 7) is 2.83. The number of hydrogen-bond acceptors (Lipinski definition) is 2. The quantitative estimate of drug-likeness (QED) is 0.780. The van der Waals surface area contributed by atoms with Crippen molar-refractivity contribution in [2.45, 2.75) is 24.2 Å². The van der Waals surface area contributed by atoms with Gasteiger partial charge in [0.1, 0.15) is 0 Å². The first-order valence-electron chi connectivity index (χ1n) is 7.25. The van der Waals surface area contributed by atoms with Crippen molar-refractivity contribution in [2.24, 2.45) is 0 Å². The third-order valence-electron chi connectivity index (χ3n) is 3.32. The molecule has 1 N–H and O–H groups in total. The van der Waals surface area contributed by atoms with Crippen molar-refractivity contribution in [2.75, 3.05) is 12.3 Å². The molecule has 2 aromatic rings. The van der Waals surface area contributed by atoms with Crippen molar-refractivity contribution < 1.29 is 4.79 Å². The van der Waals surface area contributed by atoms with Crippen molar-refractivity contribution in [1.29, 1.82) is 0 Å². The second-order valence-electron chi connectivity index (χ2n) is 5.03. The van der Waals surface area contributed by atoms with Crippen molar-refractivity contribution in [3.05, 3.63) is 66.2 Å². The van der Waals surface area contributed by atoms with Crippen molar-refractivity contribution in [3.63, 3.8) is 0 Å². The third-order valence-corrected chi connectivity index (χ3v) is 4.33. The number of benzene rings is 2. The van der Waals surface area contributed by atoms with E-state index < -0.39 is 0 Å². The molecule has 0 aromatic heterocycles. The van der Waals surface area contributed by atoms with Gasteiger partial charge in [0, 0.05) is 23.6 Å². The van der Waals surface area contributed by atoms with E-state index >= 15 is 0 Å². The van der Waals surface area contributed by atoms with Gasteiger partial charge in [0.05, 0.1) is 0 Å². The molecule has 0 radical (unpaired) electrons. The molecular formula is C18H21NOS. The fourth-order valence-electron chi connectivity index (χ4n) is 2.03. The van der Waals surface area contributed by atoms with E-state index in [1.165, 1.54) is 10.5 Å². The van der Waals surface area contributed by atoms with Crippen molar-refractivity contribution in [3.8, 4) is 0 Å². The molecule has 0 fully saturated rings. The monoisotopic (exact) mass is 299 g/mol. The Balaban J connectivity index is 1.66. The van der Waals surface area contributed by atoms with E-state index in [1.807, 2.05) is 36.4 Å². The first kappa shape index (κ1) is 15.6. The van der Waals surface area contributed by atoms with Gasteiger partial charge >= 0.3 is 0 Å². The molecule has 21 heavy (non-hydrogen) atoms. The standard InChI is InChI=1S/C18H21NOS/c1-15(16-8-4-2-5-9-16)14-19-18(20)12-13-21-17-10-6-3-7-11-17/h2-11,15H,12-14H2,1H3,(H,19,20). The Morgan fingerprint density at radius 2 is 1.67 bits per heavy atom. The third kappa shape index (κ3) is 5.64. The Hall–Kier alpha value is -1.74. The van der Waals surface area contributed by atoms with Gasteiger partial charge in [0.2, 0.25) is 5.91 Å². The molecular weight excluding hydrogens is 278 g/mol. The summed E-state index contributed by atoms with van der Waals surface area (Å²) in [6.07, 6.45) is 0.557. The molecule has 0 aliphatic carbocycles. The van der Waals surface area contributed by atoms with Crippen LogP contribution in [0.25, 0.3) is 0 Å². The zero-order chi connectivity index (χ0) is 14.9. The fourth-order valence-corrected chi connectivity index (χ4v) is 2.91. The van der Waals surface area contributed by atoms with E-state index in [0.29, 0.717) is 18.9 Å². The normalized spacial score (nSPS) is 11.9. The maximum absolute atomic E-state index is 11.8. The molecule has 1 amide bonds. The molecule has 110 valence electrons. The van der Waals surface area contributed by atoms with Crippen LogP contribution in [0.2, 0.25) is 0 Å². The van der Waals surface area contributed by atoms with Gasteiger partial charge in [-0.1, -0.05) is 55.5 Å². The van der Waals surface area contributed by atoms with Crippen LogP contribution in [0.1, 0.15) is 24.8 Å². The lowest BCUT2D eigenvalue weighted by Crippen LogP contribution is -2.27. The Labute approximate surface area is 131 Å². The molecule has 0 spiro atoms. The number of carbonyl (C=O) groups is 1. The van der Waals surface area contributed by atoms with E-state index in [2.05, 4.69) is 36.5 Å². The highest BCUT2D eigenvalue weighted by Crippen LogP contribution is 2.17. The van der Waals surface area contributed by atoms with Gasteiger partial charge in [-0.25, -0.2) is 0 Å². The second kappa shape index (κ2) is 8.53. The van der Waals surface area contributed by atoms with Crippen molar-refractivity contribution >= 4 is 17.7 Å². The van der Waals surface area contributed by atoms with Gasteiger partial charge in [-0.3, -0.25) is 4.79 Å². The van der Waals surface area contributed by atoms with Crippen LogP contribution in [0.3, 0.4) is 0 Å². The van der Waals surface area contributed by atoms with E-state index in [0.717, 1.165) is 5.75 Å². The Morgan fingerprint density at radius 3 is 2.33 bits per heavy atom. The highest BCUT2D eigenvalue weighted by molar-refractivity contribution is 7.99. The van der Waals surface area contributed by atoms with Crippen LogP contribution in [0.15, 0.2) is 65.6 Å². The van der Waals surface area contributed by atoms with Crippen LogP contribution in [0.4, 0.5) is 0 Å². The van der Waals surface area contributed by atoms with Crippen LogP contribution in [0.5, 0.6) is 0 Å². The van der Waals surface area contributed by atoms with Gasteiger partial charge in [0.25, 0.3) is 0 Å². The predicted molar refractivity (Wildman–Crippen MR) is 89.6 cm³/mol. The first-order chi connectivity index (χ1) is 10.3. The minimum atomic E-state index is 0.126. The van der Waals surface area contributed by atoms with Crippen LogP contribution in [-0.2, 0) is 4.79 Å². The highest BCUT2D eigenvalue weighted by atomic mass is 32.2. The van der Waals surface area contributed by atoms with Crippen LogP contribution < -0.4 is 5.32 Å². The maximum atomic E-state index is 11.8. The van der Waals surface area contributed by atoms with Crippen molar-refractivity contribution in [1.82, 2.24) is 5.32 Å². The molecule has 2 nitrogen and oxygen atoms in total. The largest absolute Gasteiger partial charge is 0.355 e. The topological polar surface area (TPSA) is 29.1 Å². The van der Waals surface area contributed by atoms with E-state index in [9.17, 15) is 4.79 Å². The summed E-state index contributed by atoms with van der Waals surface area (Å²) in [5.74, 6) is 1.29. The lowest BCUT2D eigenvalue weighted by atomic mass is 10.0. The van der Waals surface area contributed by atoms with Crippen LogP contribution in [0, 0.1) is 0 Å². The summed E-state index contributed by atoms with van der Waals surface area (Å²) >= 11 is 1.72. The smallest absolute Gasteiger partial charge is 0.220 e. The molecule has 1 unspecified atom stereocenters. The molecule has 2 rings (SSSR count). The summed E-state index contributed by atoms with van der Waals surface area (Å²) in [5, 5.41) is 3.01. The Morgan fingerprint density at radius 1 is 1.05 bits per heavy atom. The Kier molecular flexibility index (Phi) is 6.35. The maximum Gasteiger partial charge on any atom is 0.220 e. The number of amides is 1. The average molecular weight is 299 g/mol. The molecule has 0 saturated heterocycles. The molecule has 2 aromatic carbocycles. The lowest BCUT2D eigenvalue weighted by molar-refractivity contribution is -0.120. The number of hydrogen-bond donors (Lipinski definition) is 1. The molecule has 1 atom stereocenters. The minimum Gasteiger partial charge on any atom is -0.355 e. The van der Waals surface area contributed by atoms with Gasteiger partial charge in [-0.05, 0) is 23.6 Å². The minimum absolute atomic E-state index is 0.126. The van der Waals surface area contributed by atoms with E-state index in [1.54, 1.807) is 11.8 Å². The second-order valence-corrected chi connectivity index (χ2v) is 6.20. The summed E-state index contributed by atoms with van der Waals surface area (Å²) < 4.78 is 0. The molecule has 0 saturated carbocycles. The zero-order valence-electron chi connectivity index (χ0n) is 12.3. The molecule has 0 aliphatic rings. The van der Waals surface area contributed by atoms with Gasteiger partial charge in [-0.2, -0.15) is 0 Å². The number of thioether (sulfide) groups is 1. The molecule has 0 bridgehead atoms. The molecule has 0 aliphatic heterocycles. The zero-order valence-corrected chi connectivity index (χ0v) is 13.1. The number of rotatable bonds is 7. The summed E-state index contributed by atoms with van der Waals surface area (Å²) in [4.78, 5) is 13.1. The predicted octanol–water partition coefficient (Wildman–Crippen LogP) is 4.09. The first-order valence-corrected chi connectivity index (χ1v) is 8.24. The van der Waals surface area contributed by atoms with E-state index in [-0.39, 0.29) is 5.91 Å². The highest BCUT2D eigenvalue weighted by Gasteiger charge is 2.07. The van der Waals surface area contributed by atoms with Crippen LogP contribution >= 0.6 is 11.8 Å². The van der Waals surface area contributed by atoms with Gasteiger partial charge in [-0.15, -0.1) is 11.8 Å². The molecule has 0 heterocycles. The summed E-state index contributed by atoms with van der Waals surface area (Å²) in [7, 11) is 0. The van der Waals surface area contributed by atoms with Crippen LogP contribution in [-0.4, -0.2) is 18.2 Å². The fraction of sp³-hybridized carbons (Fsp3) is 0.278. The van der Waals surface area contributed by atoms with Gasteiger partial charge < -0.3 is 5.32 Å².